The van der Waals surface area contributed by atoms with Crippen LogP contribution in [0.5, 0.6) is 5.75 Å². The largest absolute Gasteiger partial charge is 0.550 e. The molecule has 0 radical (unpaired) electrons. The zero-order chi connectivity index (χ0) is 18.4. The number of rotatable bonds is 7. The summed E-state index contributed by atoms with van der Waals surface area (Å²) in [6, 6.07) is 7.50. The molecule has 1 fully saturated rings. The van der Waals surface area contributed by atoms with Crippen LogP contribution in [0.15, 0.2) is 34.5 Å². The highest BCUT2D eigenvalue weighted by Gasteiger charge is 2.30. The quantitative estimate of drug-likeness (QED) is 0.579. The molecule has 1 heterocycles. The number of carboxylic acids is 1. The summed E-state index contributed by atoms with van der Waals surface area (Å²) in [6.07, 6.45) is -0.351. The predicted molar refractivity (Wildman–Crippen MR) is 95.6 cm³/mol. The third-order valence-electron chi connectivity index (χ3n) is 3.27. The van der Waals surface area contributed by atoms with Gasteiger partial charge in [0.2, 0.25) is 5.91 Å². The Labute approximate surface area is 150 Å². The fourth-order valence-corrected chi connectivity index (χ4v) is 2.87. The van der Waals surface area contributed by atoms with Crippen molar-refractivity contribution in [2.75, 3.05) is 6.61 Å². The Balaban J connectivity index is 1.99. The maximum atomic E-state index is 11.6. The van der Waals surface area contributed by atoms with Crippen molar-refractivity contribution in [3.8, 4) is 5.75 Å². The smallest absolute Gasteiger partial charge is 0.239 e. The molecule has 1 unspecified atom stereocenters. The van der Waals surface area contributed by atoms with E-state index in [0.717, 1.165) is 23.1 Å². The van der Waals surface area contributed by atoms with Crippen LogP contribution in [0.25, 0.3) is 0 Å². The zero-order valence-electron chi connectivity index (χ0n) is 14.3. The van der Waals surface area contributed by atoms with Gasteiger partial charge in [-0.1, -0.05) is 25.6 Å². The number of ether oxygens (including phenoxy) is 1. The molecule has 134 valence electrons. The number of aliphatic carboxylic acids is 1. The van der Waals surface area contributed by atoms with Crippen molar-refractivity contribution < 1.29 is 19.4 Å². The van der Waals surface area contributed by atoms with Crippen molar-refractivity contribution in [2.24, 2.45) is 16.1 Å². The summed E-state index contributed by atoms with van der Waals surface area (Å²) in [4.78, 5) is 22.2. The highest BCUT2D eigenvalue weighted by Crippen LogP contribution is 2.22. The average molecular weight is 362 g/mol. The molecule has 1 amide bonds. The molecule has 0 aliphatic carbocycles. The first kappa shape index (κ1) is 19.0. The summed E-state index contributed by atoms with van der Waals surface area (Å²) in [5.41, 5.74) is 1.54. The van der Waals surface area contributed by atoms with E-state index in [2.05, 4.69) is 29.4 Å². The number of amidine groups is 1. The molecule has 0 saturated carbocycles. The van der Waals surface area contributed by atoms with Gasteiger partial charge in [-0.2, -0.15) is 5.10 Å². The molecule has 2 rings (SSSR count). The van der Waals surface area contributed by atoms with Gasteiger partial charge in [0.05, 0.1) is 17.6 Å². The van der Waals surface area contributed by atoms with Crippen LogP contribution in [0, 0.1) is 5.92 Å². The molecule has 1 aromatic carbocycles. The van der Waals surface area contributed by atoms with Crippen LogP contribution in [0.3, 0.4) is 0 Å². The number of nitrogens with zero attached hydrogens (tertiary/aromatic N) is 2. The summed E-state index contributed by atoms with van der Waals surface area (Å²) in [5.74, 6) is -0.417. The number of nitrogens with one attached hydrogen (secondary N) is 1. The number of carbonyl (C=O) groups excluding carboxylic acids is 2. The van der Waals surface area contributed by atoms with Crippen molar-refractivity contribution in [3.63, 3.8) is 0 Å². The molecule has 7 nitrogen and oxygen atoms in total. The summed E-state index contributed by atoms with van der Waals surface area (Å²) in [6.45, 7) is 6.63. The van der Waals surface area contributed by atoms with Crippen LogP contribution in [0.1, 0.15) is 32.8 Å². The SMILES string of the molecule is C/C(=N\N=C1\NC(=O)C(CC(=O)[O-])S1)c1ccc(OCC(C)C)cc1. The van der Waals surface area contributed by atoms with Gasteiger partial charge in [-0.3, -0.25) is 4.79 Å². The number of amides is 1. The van der Waals surface area contributed by atoms with Crippen LogP contribution >= 0.6 is 11.8 Å². The van der Waals surface area contributed by atoms with Crippen molar-refractivity contribution in [1.29, 1.82) is 0 Å². The van der Waals surface area contributed by atoms with Gasteiger partial charge < -0.3 is 20.0 Å². The third kappa shape index (κ3) is 5.90. The summed E-state index contributed by atoms with van der Waals surface area (Å²) in [5, 5.41) is 20.7. The van der Waals surface area contributed by atoms with E-state index in [0.29, 0.717) is 18.2 Å². The van der Waals surface area contributed by atoms with Gasteiger partial charge in [0, 0.05) is 12.4 Å². The molecular weight excluding hydrogens is 342 g/mol. The lowest BCUT2D eigenvalue weighted by Gasteiger charge is -2.08. The van der Waals surface area contributed by atoms with Crippen LogP contribution < -0.4 is 15.2 Å². The topological polar surface area (TPSA) is 103 Å². The van der Waals surface area contributed by atoms with Gasteiger partial charge in [0.1, 0.15) is 5.75 Å². The van der Waals surface area contributed by atoms with Crippen LogP contribution in [-0.2, 0) is 9.59 Å². The normalized spacial score (nSPS) is 19.4. The van der Waals surface area contributed by atoms with Gasteiger partial charge in [0.25, 0.3) is 0 Å². The highest BCUT2D eigenvalue weighted by atomic mass is 32.2. The summed E-state index contributed by atoms with van der Waals surface area (Å²) < 4.78 is 5.63. The van der Waals surface area contributed by atoms with Gasteiger partial charge in [-0.15, -0.1) is 5.10 Å². The van der Waals surface area contributed by atoms with Crippen molar-refractivity contribution in [2.45, 2.75) is 32.4 Å². The van der Waals surface area contributed by atoms with Gasteiger partial charge in [-0.05, 0) is 42.7 Å². The molecule has 1 saturated heterocycles. The molecule has 0 bridgehead atoms. The highest BCUT2D eigenvalue weighted by molar-refractivity contribution is 8.15. The van der Waals surface area contributed by atoms with Gasteiger partial charge in [0.15, 0.2) is 5.17 Å². The summed E-state index contributed by atoms with van der Waals surface area (Å²) >= 11 is 1.04. The molecule has 1 aliphatic heterocycles. The fraction of sp³-hybridized carbons (Fsp3) is 0.412. The Morgan fingerprint density at radius 2 is 2.04 bits per heavy atom. The van der Waals surface area contributed by atoms with E-state index >= 15 is 0 Å². The van der Waals surface area contributed by atoms with E-state index in [-0.39, 0.29) is 11.6 Å². The van der Waals surface area contributed by atoms with Crippen molar-refractivity contribution in [3.05, 3.63) is 29.8 Å². The maximum absolute atomic E-state index is 11.6. The Morgan fingerprint density at radius 3 is 2.64 bits per heavy atom. The fourth-order valence-electron chi connectivity index (χ4n) is 1.97. The first-order chi connectivity index (χ1) is 11.8. The van der Waals surface area contributed by atoms with E-state index < -0.39 is 17.1 Å². The maximum Gasteiger partial charge on any atom is 0.239 e. The minimum atomic E-state index is -1.27. The molecule has 25 heavy (non-hydrogen) atoms. The lowest BCUT2D eigenvalue weighted by Crippen LogP contribution is -2.31. The molecule has 0 spiro atoms. The van der Waals surface area contributed by atoms with E-state index in [4.69, 9.17) is 4.74 Å². The van der Waals surface area contributed by atoms with Gasteiger partial charge in [-0.25, -0.2) is 0 Å². The molecule has 1 aromatic rings. The minimum Gasteiger partial charge on any atom is -0.550 e. The van der Waals surface area contributed by atoms with Crippen LogP contribution in [0.4, 0.5) is 0 Å². The average Bonchev–Trinajstić information content (AvgIpc) is 2.90. The Bertz CT molecular complexity index is 698. The van der Waals surface area contributed by atoms with Crippen molar-refractivity contribution in [1.82, 2.24) is 5.32 Å². The number of carbonyl (C=O) groups is 2. The molecule has 8 heteroatoms. The Hall–Kier alpha value is -2.35. The second kappa shape index (κ2) is 8.66. The second-order valence-electron chi connectivity index (χ2n) is 5.99. The number of carboxylic acid groups (broad SMARTS) is 1. The number of hydrogen-bond donors (Lipinski definition) is 1. The first-order valence-electron chi connectivity index (χ1n) is 7.88. The van der Waals surface area contributed by atoms with Crippen LogP contribution in [0.2, 0.25) is 0 Å². The van der Waals surface area contributed by atoms with E-state index in [1.807, 2.05) is 24.3 Å². The standard InChI is InChI=1S/C17H21N3O4S/c1-10(2)9-24-13-6-4-12(5-7-13)11(3)19-20-17-18-16(23)14(25-17)8-15(21)22/h4-7,10,14H,8-9H2,1-3H3,(H,21,22)(H,18,20,23)/p-1/b19-11+. The number of hydrogen-bond acceptors (Lipinski definition) is 7. The second-order valence-corrected chi connectivity index (χ2v) is 7.18. The summed E-state index contributed by atoms with van der Waals surface area (Å²) in [7, 11) is 0. The number of thioether (sulfide) groups is 1. The lowest BCUT2D eigenvalue weighted by molar-refractivity contribution is -0.305. The molecule has 1 N–H and O–H groups in total. The zero-order valence-corrected chi connectivity index (χ0v) is 15.1. The van der Waals surface area contributed by atoms with Crippen molar-refractivity contribution >= 4 is 34.5 Å². The first-order valence-corrected chi connectivity index (χ1v) is 8.76. The Kier molecular flexibility index (Phi) is 6.58. The molecular formula is C17H20N3O4S-. The minimum absolute atomic E-state index is 0.285. The van der Waals surface area contributed by atoms with E-state index in [1.54, 1.807) is 6.92 Å². The van der Waals surface area contributed by atoms with E-state index in [1.165, 1.54) is 0 Å². The van der Waals surface area contributed by atoms with Gasteiger partial charge >= 0.3 is 0 Å². The van der Waals surface area contributed by atoms with Crippen LogP contribution in [-0.4, -0.2) is 34.6 Å². The molecule has 1 aliphatic rings. The number of benzene rings is 1. The predicted octanol–water partition coefficient (Wildman–Crippen LogP) is 1.17. The molecule has 1 atom stereocenters. The Morgan fingerprint density at radius 1 is 1.36 bits per heavy atom. The lowest BCUT2D eigenvalue weighted by atomic mass is 10.1. The van der Waals surface area contributed by atoms with E-state index in [9.17, 15) is 14.7 Å². The molecule has 0 aromatic heterocycles. The monoisotopic (exact) mass is 362 g/mol. The third-order valence-corrected chi connectivity index (χ3v) is 4.35.